The molecule has 0 radical (unpaired) electrons. The number of esters is 2. The first-order valence-electron chi connectivity index (χ1n) is 19.3. The third-order valence-corrected chi connectivity index (χ3v) is 9.16. The largest absolute Gasteiger partial charge is 0.469 e. The van der Waals surface area contributed by atoms with E-state index >= 15 is 0 Å². The van der Waals surface area contributed by atoms with Gasteiger partial charge in [-0.3, -0.25) is 14.1 Å². The molecule has 2 N–H and O–H groups in total. The van der Waals surface area contributed by atoms with Crippen molar-refractivity contribution in [3.8, 4) is 0 Å². The molecule has 0 aromatic carbocycles. The van der Waals surface area contributed by atoms with Crippen LogP contribution in [0.4, 0.5) is 0 Å². The molecule has 8 nitrogen and oxygen atoms in total. The fourth-order valence-electron chi connectivity index (χ4n) is 5.90. The lowest BCUT2D eigenvalue weighted by molar-refractivity contribution is -0.159. The summed E-state index contributed by atoms with van der Waals surface area (Å²) in [5, 5.41) is 0. The van der Waals surface area contributed by atoms with Gasteiger partial charge in [-0.25, -0.2) is 4.57 Å². The summed E-state index contributed by atoms with van der Waals surface area (Å²) in [4.78, 5) is 40.6. The van der Waals surface area contributed by atoms with Crippen LogP contribution in [-0.4, -0.2) is 41.0 Å². The molecular weight excluding hydrogens is 603 g/mol. The molecule has 0 aromatic rings. The average molecular weight is 677 g/mol. The molecule has 0 aliphatic carbocycles. The maximum atomic E-state index is 11.9. The molecule has 46 heavy (non-hydrogen) atoms. The standard InChI is InChI=1S/C37H73O8P/c1-3-4-5-6-7-8-9-10-11-12-13-14-15-16-17-18-19-20-21-22-23-24-25-26-27-28-29-30-31-32-37(39)43-33-36(45-35(2)38)34-44-46(40,41)42/h36H,3-34H2,1-2H3,(H2,40,41,42)/t36-/m1/s1. The number of hydrogen-bond donors (Lipinski definition) is 2. The second-order valence-corrected chi connectivity index (χ2v) is 14.6. The normalized spacial score (nSPS) is 12.3. The molecule has 0 fully saturated rings. The van der Waals surface area contributed by atoms with Crippen molar-refractivity contribution in [2.45, 2.75) is 213 Å². The molecule has 9 heteroatoms. The van der Waals surface area contributed by atoms with Gasteiger partial charge >= 0.3 is 19.8 Å². The van der Waals surface area contributed by atoms with Gasteiger partial charge in [-0.1, -0.05) is 187 Å². The van der Waals surface area contributed by atoms with E-state index in [1.54, 1.807) is 0 Å². The Bertz CT molecular complexity index is 726. The van der Waals surface area contributed by atoms with Crippen LogP contribution in [-0.2, 0) is 28.2 Å². The van der Waals surface area contributed by atoms with Gasteiger partial charge < -0.3 is 19.3 Å². The van der Waals surface area contributed by atoms with Crippen LogP contribution in [0.5, 0.6) is 0 Å². The van der Waals surface area contributed by atoms with Crippen molar-refractivity contribution in [3.05, 3.63) is 0 Å². The van der Waals surface area contributed by atoms with E-state index in [0.29, 0.717) is 0 Å². The summed E-state index contributed by atoms with van der Waals surface area (Å²) in [6.45, 7) is 2.61. The molecule has 0 saturated carbocycles. The van der Waals surface area contributed by atoms with E-state index in [-0.39, 0.29) is 13.0 Å². The van der Waals surface area contributed by atoms with Gasteiger partial charge in [0.15, 0.2) is 6.10 Å². The molecule has 0 aromatic heterocycles. The number of phosphoric ester groups is 1. The van der Waals surface area contributed by atoms with Crippen LogP contribution in [0.2, 0.25) is 0 Å². The van der Waals surface area contributed by atoms with Crippen LogP contribution in [0.15, 0.2) is 0 Å². The number of phosphoric acid groups is 1. The molecular formula is C37H73O8P. The molecule has 1 atom stereocenters. The maximum absolute atomic E-state index is 11.9. The quantitative estimate of drug-likeness (QED) is 0.0382. The molecule has 0 aliphatic heterocycles. The van der Waals surface area contributed by atoms with E-state index < -0.39 is 32.5 Å². The van der Waals surface area contributed by atoms with E-state index in [9.17, 15) is 14.2 Å². The van der Waals surface area contributed by atoms with Gasteiger partial charge in [0.05, 0.1) is 6.61 Å². The number of unbranched alkanes of at least 4 members (excludes halogenated alkanes) is 28. The van der Waals surface area contributed by atoms with Crippen LogP contribution in [0.25, 0.3) is 0 Å². The van der Waals surface area contributed by atoms with E-state index in [1.807, 2.05) is 0 Å². The minimum absolute atomic E-state index is 0.269. The van der Waals surface area contributed by atoms with E-state index in [0.717, 1.165) is 26.2 Å². The van der Waals surface area contributed by atoms with Gasteiger partial charge in [0, 0.05) is 13.3 Å². The first-order valence-corrected chi connectivity index (χ1v) is 20.8. The Kier molecular flexibility index (Phi) is 33.2. The Labute approximate surface area is 283 Å². The highest BCUT2D eigenvalue weighted by molar-refractivity contribution is 7.46. The van der Waals surface area contributed by atoms with Gasteiger partial charge in [0.2, 0.25) is 0 Å². The number of carbonyl (C=O) groups is 2. The lowest BCUT2D eigenvalue weighted by Crippen LogP contribution is -2.28. The van der Waals surface area contributed by atoms with Crippen molar-refractivity contribution in [1.82, 2.24) is 0 Å². The first-order chi connectivity index (χ1) is 22.2. The molecule has 0 bridgehead atoms. The van der Waals surface area contributed by atoms with Crippen LogP contribution in [0.1, 0.15) is 206 Å². The molecule has 274 valence electrons. The fourth-order valence-corrected chi connectivity index (χ4v) is 6.27. The Balaban J connectivity index is 3.32. The molecule has 0 amide bonds. The zero-order valence-electron chi connectivity index (χ0n) is 30.0. The van der Waals surface area contributed by atoms with Gasteiger partial charge in [-0.15, -0.1) is 0 Å². The highest BCUT2D eigenvalue weighted by atomic mass is 31.2. The smallest absolute Gasteiger partial charge is 0.462 e. The van der Waals surface area contributed by atoms with Crippen LogP contribution in [0, 0.1) is 0 Å². The van der Waals surface area contributed by atoms with Crippen molar-refractivity contribution in [3.63, 3.8) is 0 Å². The Hall–Kier alpha value is -0.950. The minimum atomic E-state index is -4.70. The predicted molar refractivity (Wildman–Crippen MR) is 189 cm³/mol. The molecule has 0 unspecified atom stereocenters. The topological polar surface area (TPSA) is 119 Å². The van der Waals surface area contributed by atoms with Crippen molar-refractivity contribution >= 4 is 19.8 Å². The van der Waals surface area contributed by atoms with Gasteiger partial charge in [-0.2, -0.15) is 0 Å². The average Bonchev–Trinajstić information content (AvgIpc) is 3.01. The number of carbonyl (C=O) groups excluding carboxylic acids is 2. The second kappa shape index (κ2) is 33.9. The van der Waals surface area contributed by atoms with Crippen LogP contribution >= 0.6 is 7.82 Å². The number of hydrogen-bond acceptors (Lipinski definition) is 6. The Morgan fingerprint density at radius 2 is 0.826 bits per heavy atom. The monoisotopic (exact) mass is 677 g/mol. The van der Waals surface area contributed by atoms with Gasteiger partial charge in [-0.05, 0) is 6.42 Å². The summed E-state index contributed by atoms with van der Waals surface area (Å²) in [6.07, 6.45) is 38.4. The zero-order chi connectivity index (χ0) is 34.0. The summed E-state index contributed by atoms with van der Waals surface area (Å²) in [7, 11) is -4.70. The van der Waals surface area contributed by atoms with Crippen molar-refractivity contribution in [2.75, 3.05) is 13.2 Å². The predicted octanol–water partition coefficient (Wildman–Crippen LogP) is 11.3. The van der Waals surface area contributed by atoms with E-state index in [1.165, 1.54) is 167 Å². The summed E-state index contributed by atoms with van der Waals surface area (Å²) in [6, 6.07) is 0. The van der Waals surface area contributed by atoms with E-state index in [2.05, 4.69) is 11.4 Å². The zero-order valence-corrected chi connectivity index (χ0v) is 30.9. The lowest BCUT2D eigenvalue weighted by Gasteiger charge is -2.17. The Morgan fingerprint density at radius 3 is 1.11 bits per heavy atom. The SMILES string of the molecule is CCCCCCCCCCCCCCCCCCCCCCCCCCCCCCCC(=O)OC[C@H](COP(=O)(O)O)OC(C)=O. The summed E-state index contributed by atoms with van der Waals surface area (Å²) >= 11 is 0. The van der Waals surface area contributed by atoms with Crippen LogP contribution in [0.3, 0.4) is 0 Å². The Morgan fingerprint density at radius 1 is 0.522 bits per heavy atom. The summed E-state index contributed by atoms with van der Waals surface area (Å²) < 4.78 is 25.1. The minimum Gasteiger partial charge on any atom is -0.462 e. The fraction of sp³-hybridized carbons (Fsp3) is 0.946. The van der Waals surface area contributed by atoms with Crippen LogP contribution < -0.4 is 0 Å². The van der Waals surface area contributed by atoms with Crippen molar-refractivity contribution in [2.24, 2.45) is 0 Å². The lowest BCUT2D eigenvalue weighted by atomic mass is 10.0. The van der Waals surface area contributed by atoms with Crippen molar-refractivity contribution in [1.29, 1.82) is 0 Å². The molecule has 0 aliphatic rings. The number of rotatable bonds is 36. The highest BCUT2D eigenvalue weighted by Crippen LogP contribution is 2.35. The third kappa shape index (κ3) is 37.5. The van der Waals surface area contributed by atoms with E-state index in [4.69, 9.17) is 19.3 Å². The van der Waals surface area contributed by atoms with Gasteiger partial charge in [0.25, 0.3) is 0 Å². The van der Waals surface area contributed by atoms with Crippen molar-refractivity contribution < 1.29 is 37.9 Å². The maximum Gasteiger partial charge on any atom is 0.469 e. The molecule has 0 heterocycles. The highest BCUT2D eigenvalue weighted by Gasteiger charge is 2.21. The third-order valence-electron chi connectivity index (χ3n) is 8.68. The first kappa shape index (κ1) is 45.0. The second-order valence-electron chi connectivity index (χ2n) is 13.4. The summed E-state index contributed by atoms with van der Waals surface area (Å²) in [5.41, 5.74) is 0. The molecule has 0 saturated heterocycles. The summed E-state index contributed by atoms with van der Waals surface area (Å²) in [5.74, 6) is -1.07. The number of ether oxygens (including phenoxy) is 2. The van der Waals surface area contributed by atoms with Gasteiger partial charge in [0.1, 0.15) is 6.61 Å². The molecule has 0 spiro atoms. The molecule has 0 rings (SSSR count).